The molecule has 4 rings (SSSR count). The highest BCUT2D eigenvalue weighted by molar-refractivity contribution is 7.89. The number of hydrogen-bond donors (Lipinski definition) is 4. The number of hydrogen-bond acceptors (Lipinski definition) is 8. The van der Waals surface area contributed by atoms with Crippen LogP contribution < -0.4 is 25.4 Å². The van der Waals surface area contributed by atoms with Gasteiger partial charge in [0.2, 0.25) is 28.6 Å². The molecule has 1 heterocycles. The van der Waals surface area contributed by atoms with E-state index in [9.17, 15) is 23.1 Å². The average molecular weight is 631 g/mol. The molecule has 12 heteroatoms. The number of nitrogens with one attached hydrogen (secondary N) is 3. The standard InChI is InChI=1S/C32H46N4O7S/c1-5-22(4)31(35-30(38)17-33-24-11-12-24)32(39)34-26(15-23-9-7-6-8-10-23)27(37)19-36(18-21(2)3)44(40,41)25-13-14-28-29(16-25)43-20-42-28/h6-10,13-14,16,21-22,24,26-27,31,33,37H,5,11-12,15,17-20H2,1-4H3,(H,34,39)(H,35,38). The second-order valence-electron chi connectivity index (χ2n) is 12.2. The summed E-state index contributed by atoms with van der Waals surface area (Å²) in [5, 5.41) is 20.6. The van der Waals surface area contributed by atoms with Crippen molar-refractivity contribution in [1.82, 2.24) is 20.3 Å². The summed E-state index contributed by atoms with van der Waals surface area (Å²) in [7, 11) is -4.04. The Morgan fingerprint density at radius 2 is 1.70 bits per heavy atom. The molecule has 0 radical (unpaired) electrons. The van der Waals surface area contributed by atoms with Crippen LogP contribution >= 0.6 is 0 Å². The number of ether oxygens (including phenoxy) is 2. The van der Waals surface area contributed by atoms with Gasteiger partial charge in [-0.3, -0.25) is 9.59 Å². The molecular weight excluding hydrogens is 584 g/mol. The highest BCUT2D eigenvalue weighted by atomic mass is 32.2. The molecule has 0 spiro atoms. The number of rotatable bonds is 17. The Balaban J connectivity index is 1.55. The van der Waals surface area contributed by atoms with Crippen LogP contribution in [0.2, 0.25) is 0 Å². The van der Waals surface area contributed by atoms with E-state index in [0.29, 0.717) is 24.0 Å². The van der Waals surface area contributed by atoms with Crippen LogP contribution in [0, 0.1) is 11.8 Å². The molecule has 0 aromatic heterocycles. The summed E-state index contributed by atoms with van der Waals surface area (Å²) in [6.45, 7) is 7.68. The van der Waals surface area contributed by atoms with E-state index in [-0.39, 0.29) is 55.5 Å². The van der Waals surface area contributed by atoms with Crippen LogP contribution in [0.1, 0.15) is 52.5 Å². The molecule has 2 aromatic carbocycles. The van der Waals surface area contributed by atoms with Gasteiger partial charge < -0.3 is 30.5 Å². The molecule has 11 nitrogen and oxygen atoms in total. The molecule has 2 aromatic rings. The quantitative estimate of drug-likeness (QED) is 0.209. The summed E-state index contributed by atoms with van der Waals surface area (Å²) >= 11 is 0. The van der Waals surface area contributed by atoms with Crippen LogP contribution in [-0.4, -0.2) is 80.3 Å². The highest BCUT2D eigenvalue weighted by Crippen LogP contribution is 2.35. The van der Waals surface area contributed by atoms with Gasteiger partial charge >= 0.3 is 0 Å². The van der Waals surface area contributed by atoms with Crippen LogP contribution in [0.4, 0.5) is 0 Å². The maximum atomic E-state index is 13.9. The Bertz CT molecular complexity index is 1370. The van der Waals surface area contributed by atoms with E-state index in [1.165, 1.54) is 16.4 Å². The molecule has 242 valence electrons. The highest BCUT2D eigenvalue weighted by Gasteiger charge is 2.34. The lowest BCUT2D eigenvalue weighted by molar-refractivity contribution is -0.131. The van der Waals surface area contributed by atoms with E-state index in [4.69, 9.17) is 9.47 Å². The van der Waals surface area contributed by atoms with Crippen molar-refractivity contribution in [3.8, 4) is 11.5 Å². The SMILES string of the molecule is CCC(C)C(NC(=O)CNC1CC1)C(=O)NC(Cc1ccccc1)C(O)CN(CC(C)C)S(=O)(=O)c1ccc2c(c1)OCO2. The molecule has 4 unspecified atom stereocenters. The maximum absolute atomic E-state index is 13.9. The third-order valence-corrected chi connectivity index (χ3v) is 9.80. The van der Waals surface area contributed by atoms with Crippen molar-refractivity contribution in [2.45, 2.75) is 82.5 Å². The Morgan fingerprint density at radius 1 is 1.00 bits per heavy atom. The zero-order valence-corrected chi connectivity index (χ0v) is 26.8. The van der Waals surface area contributed by atoms with Gasteiger partial charge in [0.05, 0.1) is 23.6 Å². The summed E-state index contributed by atoms with van der Waals surface area (Å²) in [5.41, 5.74) is 0.864. The van der Waals surface area contributed by atoms with Gasteiger partial charge in [-0.1, -0.05) is 64.4 Å². The molecule has 0 bridgehead atoms. The minimum Gasteiger partial charge on any atom is -0.454 e. The van der Waals surface area contributed by atoms with Crippen LogP contribution in [0.15, 0.2) is 53.4 Å². The molecular formula is C32H46N4O7S. The zero-order valence-electron chi connectivity index (χ0n) is 26.0. The molecule has 4 atom stereocenters. The van der Waals surface area contributed by atoms with Crippen LogP contribution in [0.3, 0.4) is 0 Å². The number of sulfonamides is 1. The summed E-state index contributed by atoms with van der Waals surface area (Å²) < 4.78 is 39.7. The first-order valence-electron chi connectivity index (χ1n) is 15.4. The number of amides is 2. The number of carbonyl (C=O) groups is 2. The molecule has 44 heavy (non-hydrogen) atoms. The third kappa shape index (κ3) is 9.16. The van der Waals surface area contributed by atoms with Crippen molar-refractivity contribution < 1.29 is 32.6 Å². The van der Waals surface area contributed by atoms with Gasteiger partial charge in [0, 0.05) is 25.2 Å². The summed E-state index contributed by atoms with van der Waals surface area (Å²) in [5.74, 6) is -0.0868. The topological polar surface area (TPSA) is 146 Å². The van der Waals surface area contributed by atoms with E-state index in [1.807, 2.05) is 58.0 Å². The van der Waals surface area contributed by atoms with Crippen molar-refractivity contribution in [2.75, 3.05) is 26.4 Å². The maximum Gasteiger partial charge on any atom is 0.243 e. The first-order valence-corrected chi connectivity index (χ1v) is 16.9. The van der Waals surface area contributed by atoms with E-state index in [0.717, 1.165) is 18.4 Å². The molecule has 2 amide bonds. The first kappa shape index (κ1) is 33.7. The molecule has 1 aliphatic heterocycles. The Hall–Kier alpha value is -3.19. The largest absolute Gasteiger partial charge is 0.454 e. The predicted octanol–water partition coefficient (Wildman–Crippen LogP) is 2.43. The van der Waals surface area contributed by atoms with Crippen molar-refractivity contribution in [1.29, 1.82) is 0 Å². The molecule has 4 N–H and O–H groups in total. The van der Waals surface area contributed by atoms with E-state index >= 15 is 0 Å². The van der Waals surface area contributed by atoms with Crippen molar-refractivity contribution >= 4 is 21.8 Å². The minimum atomic E-state index is -4.04. The molecule has 1 fully saturated rings. The van der Waals surface area contributed by atoms with Gasteiger partial charge in [-0.05, 0) is 48.8 Å². The second-order valence-corrected chi connectivity index (χ2v) is 14.1. The van der Waals surface area contributed by atoms with Crippen molar-refractivity contribution in [2.24, 2.45) is 11.8 Å². The van der Waals surface area contributed by atoms with Gasteiger partial charge in [0.25, 0.3) is 0 Å². The second kappa shape index (κ2) is 15.2. The summed E-state index contributed by atoms with van der Waals surface area (Å²) in [4.78, 5) is 26.4. The van der Waals surface area contributed by atoms with E-state index < -0.39 is 34.1 Å². The van der Waals surface area contributed by atoms with Crippen molar-refractivity contribution in [3.63, 3.8) is 0 Å². The molecule has 0 saturated heterocycles. The van der Waals surface area contributed by atoms with Crippen LogP contribution in [-0.2, 0) is 26.0 Å². The summed E-state index contributed by atoms with van der Waals surface area (Å²) in [6, 6.07) is 12.5. The van der Waals surface area contributed by atoms with Gasteiger partial charge in [-0.15, -0.1) is 0 Å². The fourth-order valence-electron chi connectivity index (χ4n) is 5.08. The van der Waals surface area contributed by atoms with E-state index in [1.54, 1.807) is 6.07 Å². The van der Waals surface area contributed by atoms with Gasteiger partial charge in [0.1, 0.15) is 6.04 Å². The van der Waals surface area contributed by atoms with Gasteiger partial charge in [0.15, 0.2) is 11.5 Å². The number of nitrogens with zero attached hydrogens (tertiary/aromatic N) is 1. The monoisotopic (exact) mass is 630 g/mol. The molecule has 1 saturated carbocycles. The fourth-order valence-corrected chi connectivity index (χ4v) is 6.71. The average Bonchev–Trinajstić information content (AvgIpc) is 3.71. The van der Waals surface area contributed by atoms with E-state index in [2.05, 4.69) is 16.0 Å². The van der Waals surface area contributed by atoms with Crippen LogP contribution in [0.5, 0.6) is 11.5 Å². The van der Waals surface area contributed by atoms with Gasteiger partial charge in [-0.2, -0.15) is 4.31 Å². The number of aliphatic hydroxyl groups excluding tert-OH is 1. The smallest absolute Gasteiger partial charge is 0.243 e. The number of aliphatic hydroxyl groups is 1. The lowest BCUT2D eigenvalue weighted by atomic mass is 9.96. The normalized spacial score (nSPS) is 17.2. The van der Waals surface area contributed by atoms with Crippen molar-refractivity contribution in [3.05, 3.63) is 54.1 Å². The summed E-state index contributed by atoms with van der Waals surface area (Å²) in [6.07, 6.45) is 1.74. The Morgan fingerprint density at radius 3 is 2.36 bits per heavy atom. The fraction of sp³-hybridized carbons (Fsp3) is 0.562. The molecule has 2 aliphatic rings. The Labute approximate surface area is 260 Å². The lowest BCUT2D eigenvalue weighted by Gasteiger charge is -2.32. The zero-order chi connectivity index (χ0) is 31.9. The number of carbonyl (C=O) groups excluding carboxylic acids is 2. The van der Waals surface area contributed by atoms with Crippen LogP contribution in [0.25, 0.3) is 0 Å². The number of fused-ring (bicyclic) bond motifs is 1. The molecule has 1 aliphatic carbocycles. The number of benzene rings is 2. The lowest BCUT2D eigenvalue weighted by Crippen LogP contribution is -2.57. The predicted molar refractivity (Wildman–Crippen MR) is 167 cm³/mol. The minimum absolute atomic E-state index is 0.0171. The first-order chi connectivity index (χ1) is 21.0. The van der Waals surface area contributed by atoms with Gasteiger partial charge in [-0.25, -0.2) is 8.42 Å². The third-order valence-electron chi connectivity index (χ3n) is 7.97. The Kier molecular flexibility index (Phi) is 11.6.